The Hall–Kier alpha value is -2.88. The van der Waals surface area contributed by atoms with E-state index in [1.807, 2.05) is 78.9 Å². The number of aromatic nitrogens is 2. The van der Waals surface area contributed by atoms with Crippen LogP contribution in [0.2, 0.25) is 0 Å². The van der Waals surface area contributed by atoms with Crippen LogP contribution in [-0.4, -0.2) is 20.9 Å². The third-order valence-corrected chi connectivity index (χ3v) is 8.64. The summed E-state index contributed by atoms with van der Waals surface area (Å²) in [6.45, 7) is 18.2. The third-order valence-electron chi connectivity index (χ3n) is 8.64. The summed E-state index contributed by atoms with van der Waals surface area (Å²) in [4.78, 5) is 21.4. The van der Waals surface area contributed by atoms with Crippen LogP contribution in [0.1, 0.15) is 108 Å². The van der Waals surface area contributed by atoms with Gasteiger partial charge in [0.1, 0.15) is 0 Å². The Morgan fingerprint density at radius 1 is 1.02 bits per heavy atom. The van der Waals surface area contributed by atoms with E-state index in [2.05, 4.69) is 38.1 Å². The fourth-order valence-electron chi connectivity index (χ4n) is 6.23. The van der Waals surface area contributed by atoms with Crippen molar-refractivity contribution in [1.29, 1.82) is 0 Å². The van der Waals surface area contributed by atoms with Crippen molar-refractivity contribution >= 4 is 27.3 Å². The summed E-state index contributed by atoms with van der Waals surface area (Å²) < 4.78 is 17.7. The SMILES string of the molecule is CCC(CC)C(=O)/C=C(\O)C(CC)CC.[2H]C([2H])(c1cc2ccnc3c2c(n1)C(C)(C)c1c-3[c-]cc2ccccc12)C(C)(C)C.[Ir]. The maximum Gasteiger partial charge on any atom is 0.162 e. The monoisotopic (exact) mass is 772 g/mol. The van der Waals surface area contributed by atoms with E-state index in [1.54, 1.807) is 0 Å². The zero-order chi connectivity index (χ0) is 33.3. The van der Waals surface area contributed by atoms with Gasteiger partial charge in [-0.1, -0.05) is 97.4 Å². The van der Waals surface area contributed by atoms with E-state index < -0.39 is 17.2 Å². The number of aliphatic hydroxyl groups excluding tert-OH is 1. The first-order chi connectivity index (χ1) is 21.1. The Bertz CT molecular complexity index is 1730. The van der Waals surface area contributed by atoms with Crippen molar-refractivity contribution in [2.45, 2.75) is 99.8 Å². The Morgan fingerprint density at radius 3 is 2.27 bits per heavy atom. The first-order valence-corrected chi connectivity index (χ1v) is 15.8. The number of pyridine rings is 2. The number of hydrogen-bond acceptors (Lipinski definition) is 4. The number of hydrogen-bond donors (Lipinski definition) is 1. The second kappa shape index (κ2) is 14.5. The number of nitrogens with zero attached hydrogens (tertiary/aromatic N) is 2. The molecule has 5 rings (SSSR count). The average Bonchev–Trinajstić information content (AvgIpc) is 3.00. The van der Waals surface area contributed by atoms with Crippen LogP contribution in [0.25, 0.3) is 32.8 Å². The molecule has 0 atom stereocenters. The van der Waals surface area contributed by atoms with Gasteiger partial charge in [0.05, 0.1) is 5.76 Å². The second-order valence-corrected chi connectivity index (χ2v) is 13.2. The Kier molecular flexibility index (Phi) is 10.7. The summed E-state index contributed by atoms with van der Waals surface area (Å²) in [5, 5.41) is 14.1. The molecule has 0 amide bonds. The zero-order valence-electron chi connectivity index (χ0n) is 29.8. The number of carbonyl (C=O) groups is 1. The van der Waals surface area contributed by atoms with E-state index >= 15 is 0 Å². The first kappa shape index (κ1) is 32.5. The van der Waals surface area contributed by atoms with Crippen LogP contribution in [0.5, 0.6) is 0 Å². The van der Waals surface area contributed by atoms with E-state index in [9.17, 15) is 9.90 Å². The van der Waals surface area contributed by atoms with Gasteiger partial charge < -0.3 is 10.1 Å². The standard InChI is InChI=1S/C26H25N2.C13H24O2.Ir/c1-25(2,3)15-18-14-17-12-13-27-23-20-11-10-16-8-6-7-9-19(16)22(20)26(4,5)24(28-18)21(17)23;1-5-10(6-2)12(14)9-13(15)11(7-3)8-4;/h6-10,12-14H,15H2,1-5H3;9-11,14H,5-8H2,1-4H3;/q-1;;/b;12-9-;/i15D2;;. The van der Waals surface area contributed by atoms with Crippen LogP contribution in [0.15, 0.2) is 60.5 Å². The summed E-state index contributed by atoms with van der Waals surface area (Å²) in [5.41, 5.74) is 3.45. The topological polar surface area (TPSA) is 63.1 Å². The van der Waals surface area contributed by atoms with Gasteiger partial charge in [-0.15, -0.1) is 23.3 Å². The number of benzene rings is 2. The minimum atomic E-state index is -1.57. The quantitative estimate of drug-likeness (QED) is 0.110. The van der Waals surface area contributed by atoms with E-state index in [4.69, 9.17) is 12.7 Å². The molecule has 1 aliphatic carbocycles. The molecule has 4 aromatic rings. The molecule has 0 saturated carbocycles. The number of carbonyl (C=O) groups excluding carboxylic acids is 1. The number of fused-ring (bicyclic) bond motifs is 4. The van der Waals surface area contributed by atoms with Crippen molar-refractivity contribution in [3.63, 3.8) is 0 Å². The summed E-state index contributed by atoms with van der Waals surface area (Å²) in [6.07, 6.45) is 5.15. The molecule has 1 aliphatic rings. The Balaban J connectivity index is 0.000000309. The largest absolute Gasteiger partial charge is 0.512 e. The maximum atomic E-state index is 11.7. The normalized spacial score (nSPS) is 14.8. The van der Waals surface area contributed by atoms with Crippen molar-refractivity contribution < 1.29 is 32.7 Å². The molecule has 2 aromatic heterocycles. The summed E-state index contributed by atoms with van der Waals surface area (Å²) >= 11 is 0. The van der Waals surface area contributed by atoms with Crippen molar-refractivity contribution in [1.82, 2.24) is 9.97 Å². The number of allylic oxidation sites excluding steroid dienone is 2. The van der Waals surface area contributed by atoms with Crippen LogP contribution in [0.3, 0.4) is 0 Å². The molecule has 2 aromatic carbocycles. The molecule has 1 N–H and O–H groups in total. The minimum Gasteiger partial charge on any atom is -0.512 e. The molecule has 5 heteroatoms. The summed E-state index contributed by atoms with van der Waals surface area (Å²) in [5.74, 6) is 0.547. The van der Waals surface area contributed by atoms with Gasteiger partial charge in [-0.2, -0.15) is 0 Å². The Labute approximate surface area is 281 Å². The van der Waals surface area contributed by atoms with Gasteiger partial charge in [-0.05, 0) is 71.5 Å². The van der Waals surface area contributed by atoms with Gasteiger partial charge in [0.15, 0.2) is 5.78 Å². The van der Waals surface area contributed by atoms with Gasteiger partial charge in [0.2, 0.25) is 0 Å². The van der Waals surface area contributed by atoms with Crippen LogP contribution in [0, 0.1) is 23.3 Å². The minimum absolute atomic E-state index is 0. The van der Waals surface area contributed by atoms with Gasteiger partial charge >= 0.3 is 0 Å². The Morgan fingerprint density at radius 2 is 1.66 bits per heavy atom. The third kappa shape index (κ3) is 7.32. The molecule has 0 spiro atoms. The van der Waals surface area contributed by atoms with Gasteiger partial charge in [0, 0.05) is 58.3 Å². The van der Waals surface area contributed by atoms with Crippen molar-refractivity contribution in [3.8, 4) is 11.3 Å². The van der Waals surface area contributed by atoms with Crippen LogP contribution in [0.4, 0.5) is 0 Å². The van der Waals surface area contributed by atoms with E-state index in [-0.39, 0.29) is 43.5 Å². The molecule has 2 heterocycles. The van der Waals surface area contributed by atoms with Gasteiger partial charge in [-0.3, -0.25) is 9.78 Å². The fourth-order valence-corrected chi connectivity index (χ4v) is 6.23. The van der Waals surface area contributed by atoms with Crippen molar-refractivity contribution in [2.75, 3.05) is 0 Å². The average molecular weight is 772 g/mol. The van der Waals surface area contributed by atoms with Crippen molar-refractivity contribution in [2.24, 2.45) is 17.3 Å². The molecule has 0 unspecified atom stereocenters. The van der Waals surface area contributed by atoms with E-state index in [1.165, 1.54) is 11.5 Å². The smallest absolute Gasteiger partial charge is 0.162 e. The molecule has 1 radical (unpaired) electrons. The summed E-state index contributed by atoms with van der Waals surface area (Å²) in [6, 6.07) is 17.7. The van der Waals surface area contributed by atoms with Crippen LogP contribution >= 0.6 is 0 Å². The maximum absolute atomic E-state index is 11.7. The molecule has 0 saturated heterocycles. The second-order valence-electron chi connectivity index (χ2n) is 13.2. The molecule has 0 fully saturated rings. The predicted molar refractivity (Wildman–Crippen MR) is 180 cm³/mol. The zero-order valence-corrected chi connectivity index (χ0v) is 30.2. The summed E-state index contributed by atoms with van der Waals surface area (Å²) in [7, 11) is 0. The molecule has 237 valence electrons. The molecule has 4 nitrogen and oxygen atoms in total. The van der Waals surface area contributed by atoms with Crippen molar-refractivity contribution in [3.05, 3.63) is 83.5 Å². The van der Waals surface area contributed by atoms with Crippen LogP contribution < -0.4 is 0 Å². The fraction of sp³-hybridized carbons (Fsp3) is 0.462. The van der Waals surface area contributed by atoms with Gasteiger partial charge in [-0.25, -0.2) is 0 Å². The molecular weight excluding hydrogens is 721 g/mol. The molecule has 0 aliphatic heterocycles. The predicted octanol–water partition coefficient (Wildman–Crippen LogP) is 10.3. The van der Waals surface area contributed by atoms with E-state index in [0.29, 0.717) is 5.69 Å². The molecule has 0 bridgehead atoms. The van der Waals surface area contributed by atoms with Gasteiger partial charge in [0.25, 0.3) is 0 Å². The number of rotatable bonds is 8. The van der Waals surface area contributed by atoms with Crippen LogP contribution in [-0.2, 0) is 36.7 Å². The first-order valence-electron chi connectivity index (χ1n) is 16.8. The molecular formula is C39H49IrN2O2-. The van der Waals surface area contributed by atoms with E-state index in [0.717, 1.165) is 64.4 Å². The molecule has 44 heavy (non-hydrogen) atoms. The number of ketones is 1. The number of aliphatic hydroxyl groups is 1.